The lowest BCUT2D eigenvalue weighted by Gasteiger charge is -2.21. The summed E-state index contributed by atoms with van der Waals surface area (Å²) in [6.45, 7) is 1.86. The van der Waals surface area contributed by atoms with Crippen molar-refractivity contribution >= 4 is 17.4 Å². The second-order valence-corrected chi connectivity index (χ2v) is 6.83. The Bertz CT molecular complexity index is 862. The highest BCUT2D eigenvalue weighted by Gasteiger charge is 2.30. The van der Waals surface area contributed by atoms with Gasteiger partial charge in [0.15, 0.2) is 0 Å². The molecule has 7 heteroatoms. The van der Waals surface area contributed by atoms with E-state index >= 15 is 0 Å². The van der Waals surface area contributed by atoms with Crippen LogP contribution in [0.4, 0.5) is 5.82 Å². The number of likely N-dealkylation sites (tertiary alicyclic amines) is 1. The van der Waals surface area contributed by atoms with E-state index < -0.39 is 0 Å². The predicted octanol–water partition coefficient (Wildman–Crippen LogP) is 4.16. The van der Waals surface area contributed by atoms with Crippen LogP contribution < -0.4 is 5.32 Å². The lowest BCUT2D eigenvalue weighted by atomic mass is 10.2. The quantitative estimate of drug-likeness (QED) is 0.728. The number of anilines is 1. The normalized spacial score (nSPS) is 17.5. The lowest BCUT2D eigenvalue weighted by molar-refractivity contribution is 0.201. The number of hydrogen-bond donors (Lipinski definition) is 1. The molecule has 0 saturated carbocycles. The highest BCUT2D eigenvalue weighted by atomic mass is 35.5. The number of aromatic nitrogens is 3. The average Bonchev–Trinajstić information content (AvgIpc) is 3.33. The van der Waals surface area contributed by atoms with Crippen LogP contribution in [-0.4, -0.2) is 33.6 Å². The number of nitrogens with zero attached hydrogens (tertiary/aromatic N) is 4. The maximum absolute atomic E-state index is 5.98. The molecular formula is C19H20ClN5O. The molecule has 3 aromatic rings. The minimum absolute atomic E-state index is 0.150. The molecule has 1 unspecified atom stereocenters. The molecule has 0 amide bonds. The Hall–Kier alpha value is -2.44. The predicted molar refractivity (Wildman–Crippen MR) is 101 cm³/mol. The highest BCUT2D eigenvalue weighted by molar-refractivity contribution is 6.30. The van der Waals surface area contributed by atoms with Crippen molar-refractivity contribution in [1.29, 1.82) is 0 Å². The lowest BCUT2D eigenvalue weighted by Crippen LogP contribution is -2.23. The third kappa shape index (κ3) is 3.57. The first-order valence-corrected chi connectivity index (χ1v) is 9.07. The van der Waals surface area contributed by atoms with Gasteiger partial charge in [-0.25, -0.2) is 4.98 Å². The van der Waals surface area contributed by atoms with Crippen LogP contribution in [0.25, 0.3) is 11.4 Å². The van der Waals surface area contributed by atoms with Gasteiger partial charge in [0.25, 0.3) is 0 Å². The standard InChI is InChI=1S/C19H20ClN5O/c1-21-17-9-6-14(11-22-17)18-23-19(26-24-18)16-3-2-10-25(16)12-13-4-7-15(20)8-5-13/h4-9,11,16H,2-3,10,12H2,1H3,(H,21,22). The Morgan fingerprint density at radius 1 is 1.23 bits per heavy atom. The topological polar surface area (TPSA) is 67.1 Å². The second-order valence-electron chi connectivity index (χ2n) is 6.39. The number of pyridine rings is 1. The van der Waals surface area contributed by atoms with Crippen LogP contribution in [0.3, 0.4) is 0 Å². The molecule has 0 spiro atoms. The monoisotopic (exact) mass is 369 g/mol. The Morgan fingerprint density at radius 2 is 2.08 bits per heavy atom. The Kier molecular flexibility index (Phi) is 4.86. The molecule has 6 nitrogen and oxygen atoms in total. The minimum atomic E-state index is 0.150. The average molecular weight is 370 g/mol. The molecule has 0 radical (unpaired) electrons. The van der Waals surface area contributed by atoms with E-state index in [1.165, 1.54) is 5.56 Å². The summed E-state index contributed by atoms with van der Waals surface area (Å²) in [7, 11) is 1.84. The summed E-state index contributed by atoms with van der Waals surface area (Å²) in [5, 5.41) is 7.90. The van der Waals surface area contributed by atoms with Crippen molar-refractivity contribution in [1.82, 2.24) is 20.0 Å². The van der Waals surface area contributed by atoms with Crippen molar-refractivity contribution < 1.29 is 4.52 Å². The van der Waals surface area contributed by atoms with Crippen molar-refractivity contribution in [3.8, 4) is 11.4 Å². The van der Waals surface area contributed by atoms with E-state index in [2.05, 4.69) is 37.5 Å². The summed E-state index contributed by atoms with van der Waals surface area (Å²) in [6.07, 6.45) is 3.89. The van der Waals surface area contributed by atoms with E-state index in [1.54, 1.807) is 6.20 Å². The van der Waals surface area contributed by atoms with Crippen molar-refractivity contribution in [3.05, 3.63) is 59.1 Å². The summed E-state index contributed by atoms with van der Waals surface area (Å²) in [5.41, 5.74) is 2.08. The molecular weight excluding hydrogens is 350 g/mol. The van der Waals surface area contributed by atoms with E-state index in [4.69, 9.17) is 16.1 Å². The zero-order valence-corrected chi connectivity index (χ0v) is 15.3. The van der Waals surface area contributed by atoms with E-state index in [9.17, 15) is 0 Å². The maximum Gasteiger partial charge on any atom is 0.244 e. The summed E-state index contributed by atoms with van der Waals surface area (Å²) in [6, 6.07) is 12.0. The number of nitrogens with one attached hydrogen (secondary N) is 1. The number of halogens is 1. The third-order valence-corrected chi connectivity index (χ3v) is 4.92. The second kappa shape index (κ2) is 7.43. The van der Waals surface area contributed by atoms with E-state index in [0.29, 0.717) is 11.7 Å². The van der Waals surface area contributed by atoms with Gasteiger partial charge in [-0.15, -0.1) is 0 Å². The Labute approximate surface area is 157 Å². The molecule has 2 aromatic heterocycles. The molecule has 26 heavy (non-hydrogen) atoms. The molecule has 1 aliphatic heterocycles. The van der Waals surface area contributed by atoms with E-state index in [1.807, 2.05) is 31.3 Å². The zero-order chi connectivity index (χ0) is 17.9. The van der Waals surface area contributed by atoms with Crippen LogP contribution in [0.2, 0.25) is 5.02 Å². The maximum atomic E-state index is 5.98. The van der Waals surface area contributed by atoms with Gasteiger partial charge in [-0.2, -0.15) is 4.98 Å². The molecule has 0 bridgehead atoms. The van der Waals surface area contributed by atoms with Gasteiger partial charge in [0.2, 0.25) is 11.7 Å². The first-order valence-electron chi connectivity index (χ1n) is 8.69. The first kappa shape index (κ1) is 17.0. The van der Waals surface area contributed by atoms with Crippen LogP contribution in [0.5, 0.6) is 0 Å². The Balaban J connectivity index is 1.51. The summed E-state index contributed by atoms with van der Waals surface area (Å²) < 4.78 is 5.58. The molecule has 1 aromatic carbocycles. The van der Waals surface area contributed by atoms with Gasteiger partial charge in [0.1, 0.15) is 5.82 Å². The Morgan fingerprint density at radius 3 is 2.81 bits per heavy atom. The molecule has 1 N–H and O–H groups in total. The number of hydrogen-bond acceptors (Lipinski definition) is 6. The molecule has 1 aliphatic rings. The third-order valence-electron chi connectivity index (χ3n) is 4.67. The first-order chi connectivity index (χ1) is 12.7. The molecule has 4 rings (SSSR count). The van der Waals surface area contributed by atoms with Crippen LogP contribution in [0, 0.1) is 0 Å². The number of benzene rings is 1. The van der Waals surface area contributed by atoms with Gasteiger partial charge in [-0.1, -0.05) is 28.9 Å². The molecule has 1 atom stereocenters. The van der Waals surface area contributed by atoms with Crippen LogP contribution in [-0.2, 0) is 6.54 Å². The zero-order valence-electron chi connectivity index (χ0n) is 14.5. The van der Waals surface area contributed by atoms with E-state index in [0.717, 1.165) is 42.3 Å². The van der Waals surface area contributed by atoms with Gasteiger partial charge in [0, 0.05) is 30.4 Å². The van der Waals surface area contributed by atoms with Gasteiger partial charge in [-0.05, 0) is 49.2 Å². The van der Waals surface area contributed by atoms with Crippen molar-refractivity contribution in [2.45, 2.75) is 25.4 Å². The van der Waals surface area contributed by atoms with Crippen molar-refractivity contribution in [3.63, 3.8) is 0 Å². The molecule has 134 valence electrons. The molecule has 0 aliphatic carbocycles. The fraction of sp³-hybridized carbons (Fsp3) is 0.316. The van der Waals surface area contributed by atoms with Gasteiger partial charge < -0.3 is 9.84 Å². The summed E-state index contributed by atoms with van der Waals surface area (Å²) >= 11 is 5.98. The van der Waals surface area contributed by atoms with Crippen molar-refractivity contribution in [2.75, 3.05) is 18.9 Å². The number of rotatable bonds is 5. The molecule has 1 saturated heterocycles. The fourth-order valence-electron chi connectivity index (χ4n) is 3.28. The van der Waals surface area contributed by atoms with Crippen LogP contribution in [0.1, 0.15) is 30.3 Å². The molecule has 1 fully saturated rings. The minimum Gasteiger partial charge on any atom is -0.373 e. The smallest absolute Gasteiger partial charge is 0.244 e. The van der Waals surface area contributed by atoms with Gasteiger partial charge in [0.05, 0.1) is 6.04 Å². The van der Waals surface area contributed by atoms with E-state index in [-0.39, 0.29) is 6.04 Å². The summed E-state index contributed by atoms with van der Waals surface area (Å²) in [4.78, 5) is 11.3. The van der Waals surface area contributed by atoms with Crippen LogP contribution >= 0.6 is 11.6 Å². The van der Waals surface area contributed by atoms with Gasteiger partial charge in [-0.3, -0.25) is 4.90 Å². The van der Waals surface area contributed by atoms with Crippen LogP contribution in [0.15, 0.2) is 47.1 Å². The van der Waals surface area contributed by atoms with Gasteiger partial charge >= 0.3 is 0 Å². The van der Waals surface area contributed by atoms with Crippen molar-refractivity contribution in [2.24, 2.45) is 0 Å². The highest BCUT2D eigenvalue weighted by Crippen LogP contribution is 2.33. The molecule has 3 heterocycles. The summed E-state index contributed by atoms with van der Waals surface area (Å²) in [5.74, 6) is 2.06. The SMILES string of the molecule is CNc1ccc(-c2noc(C3CCCN3Cc3ccc(Cl)cc3)n2)cn1. The largest absolute Gasteiger partial charge is 0.373 e. The fourth-order valence-corrected chi connectivity index (χ4v) is 3.41.